The second-order valence-electron chi connectivity index (χ2n) is 6.01. The van der Waals surface area contributed by atoms with Crippen LogP contribution in [0.3, 0.4) is 0 Å². The highest BCUT2D eigenvalue weighted by Gasteiger charge is 2.24. The van der Waals surface area contributed by atoms with E-state index in [9.17, 15) is 14.0 Å². The van der Waals surface area contributed by atoms with Crippen molar-refractivity contribution in [1.29, 1.82) is 0 Å². The molecule has 25 heavy (non-hydrogen) atoms. The van der Waals surface area contributed by atoms with E-state index in [2.05, 4.69) is 14.9 Å². The lowest BCUT2D eigenvalue weighted by Gasteiger charge is -2.22. The molecule has 1 aliphatic heterocycles. The van der Waals surface area contributed by atoms with Crippen molar-refractivity contribution in [3.05, 3.63) is 47.0 Å². The Morgan fingerprint density at radius 3 is 2.44 bits per heavy atom. The smallest absolute Gasteiger partial charge is 0.253 e. The molecule has 0 saturated carbocycles. The van der Waals surface area contributed by atoms with Crippen molar-refractivity contribution in [1.82, 2.24) is 20.1 Å². The minimum atomic E-state index is -0.373. The fraction of sp³-hybridized carbons (Fsp3) is 0.412. The molecule has 3 rings (SSSR count). The SMILES string of the molecule is Cc1nonc1CC(=O)N1CCCN(C(=O)c2ccc(F)cc2)CC1. The van der Waals surface area contributed by atoms with Crippen LogP contribution in [0.5, 0.6) is 0 Å². The Balaban J connectivity index is 1.60. The molecule has 1 saturated heterocycles. The van der Waals surface area contributed by atoms with Gasteiger partial charge in [0.1, 0.15) is 17.2 Å². The van der Waals surface area contributed by atoms with Gasteiger partial charge in [-0.05, 0) is 37.6 Å². The Kier molecular flexibility index (Phi) is 5.06. The van der Waals surface area contributed by atoms with Crippen LogP contribution in [0.15, 0.2) is 28.9 Å². The Morgan fingerprint density at radius 1 is 1.08 bits per heavy atom. The van der Waals surface area contributed by atoms with Gasteiger partial charge in [-0.2, -0.15) is 0 Å². The van der Waals surface area contributed by atoms with Gasteiger partial charge in [0.05, 0.1) is 6.42 Å². The molecule has 8 heteroatoms. The summed E-state index contributed by atoms with van der Waals surface area (Å²) in [6, 6.07) is 5.50. The number of aromatic nitrogens is 2. The van der Waals surface area contributed by atoms with Gasteiger partial charge in [0, 0.05) is 31.7 Å². The number of nitrogens with zero attached hydrogens (tertiary/aromatic N) is 4. The Bertz CT molecular complexity index is 760. The third kappa shape index (κ3) is 4.01. The molecule has 0 atom stereocenters. The summed E-state index contributed by atoms with van der Waals surface area (Å²) in [6.07, 6.45) is 0.829. The Labute approximate surface area is 144 Å². The van der Waals surface area contributed by atoms with Gasteiger partial charge in [-0.3, -0.25) is 9.59 Å². The second kappa shape index (κ2) is 7.42. The number of rotatable bonds is 3. The number of aryl methyl sites for hydroxylation is 1. The molecule has 1 fully saturated rings. The topological polar surface area (TPSA) is 79.5 Å². The number of carbonyl (C=O) groups is 2. The monoisotopic (exact) mass is 346 g/mol. The molecular formula is C17H19FN4O3. The van der Waals surface area contributed by atoms with Crippen LogP contribution >= 0.6 is 0 Å². The molecule has 1 aliphatic rings. The first kappa shape index (κ1) is 17.1. The summed E-state index contributed by atoms with van der Waals surface area (Å²) in [4.78, 5) is 28.4. The quantitative estimate of drug-likeness (QED) is 0.840. The van der Waals surface area contributed by atoms with E-state index in [1.54, 1.807) is 16.7 Å². The van der Waals surface area contributed by atoms with Gasteiger partial charge in [0.25, 0.3) is 5.91 Å². The number of amides is 2. The molecule has 7 nitrogen and oxygen atoms in total. The first-order chi connectivity index (χ1) is 12.0. The molecule has 2 amide bonds. The van der Waals surface area contributed by atoms with Crippen molar-refractivity contribution in [3.8, 4) is 0 Å². The van der Waals surface area contributed by atoms with Crippen LogP contribution in [0.2, 0.25) is 0 Å². The fourth-order valence-corrected chi connectivity index (χ4v) is 2.81. The van der Waals surface area contributed by atoms with Gasteiger partial charge in [-0.25, -0.2) is 9.02 Å². The van der Waals surface area contributed by atoms with Crippen molar-refractivity contribution in [2.24, 2.45) is 0 Å². The van der Waals surface area contributed by atoms with Gasteiger partial charge in [-0.15, -0.1) is 0 Å². The molecule has 0 N–H and O–H groups in total. The van der Waals surface area contributed by atoms with E-state index in [4.69, 9.17) is 0 Å². The maximum atomic E-state index is 13.0. The molecule has 1 aromatic heterocycles. The van der Waals surface area contributed by atoms with Crippen molar-refractivity contribution < 1.29 is 18.6 Å². The highest BCUT2D eigenvalue weighted by Crippen LogP contribution is 2.12. The molecule has 0 radical (unpaired) electrons. The predicted molar refractivity (Wildman–Crippen MR) is 86.2 cm³/mol. The zero-order valence-electron chi connectivity index (χ0n) is 13.9. The van der Waals surface area contributed by atoms with Crippen LogP contribution in [-0.2, 0) is 11.2 Å². The van der Waals surface area contributed by atoms with Crippen LogP contribution in [0, 0.1) is 12.7 Å². The van der Waals surface area contributed by atoms with E-state index in [-0.39, 0.29) is 24.1 Å². The lowest BCUT2D eigenvalue weighted by atomic mass is 10.2. The summed E-state index contributed by atoms with van der Waals surface area (Å²) in [5.74, 6) is -0.581. The standard InChI is InChI=1S/C17H19FN4O3/c1-12-15(20-25-19-12)11-16(23)21-7-2-8-22(10-9-21)17(24)13-3-5-14(18)6-4-13/h3-6H,2,7-11H2,1H3. The molecule has 1 aromatic carbocycles. The number of halogens is 1. The third-order valence-corrected chi connectivity index (χ3v) is 4.29. The van der Waals surface area contributed by atoms with Crippen LogP contribution in [0.4, 0.5) is 4.39 Å². The van der Waals surface area contributed by atoms with Crippen LogP contribution in [0.1, 0.15) is 28.2 Å². The minimum Gasteiger partial charge on any atom is -0.341 e. The fourth-order valence-electron chi connectivity index (χ4n) is 2.81. The Morgan fingerprint density at radius 2 is 1.76 bits per heavy atom. The van der Waals surface area contributed by atoms with Crippen molar-refractivity contribution in [2.45, 2.75) is 19.8 Å². The largest absolute Gasteiger partial charge is 0.341 e. The van der Waals surface area contributed by atoms with E-state index in [0.29, 0.717) is 49.6 Å². The van der Waals surface area contributed by atoms with Crippen LogP contribution < -0.4 is 0 Å². The summed E-state index contributed by atoms with van der Waals surface area (Å²) in [5, 5.41) is 7.41. The minimum absolute atomic E-state index is 0.0603. The molecular weight excluding hydrogens is 327 g/mol. The van der Waals surface area contributed by atoms with Gasteiger partial charge in [0.15, 0.2) is 0 Å². The lowest BCUT2D eigenvalue weighted by Crippen LogP contribution is -2.38. The molecule has 2 aromatic rings. The van der Waals surface area contributed by atoms with Gasteiger partial charge < -0.3 is 9.80 Å². The van der Waals surface area contributed by atoms with E-state index in [0.717, 1.165) is 0 Å². The average molecular weight is 346 g/mol. The predicted octanol–water partition coefficient (Wildman–Crippen LogP) is 1.43. The summed E-state index contributed by atoms with van der Waals surface area (Å²) in [5.41, 5.74) is 1.59. The van der Waals surface area contributed by atoms with Gasteiger partial charge in [0.2, 0.25) is 5.91 Å². The van der Waals surface area contributed by atoms with E-state index >= 15 is 0 Å². The third-order valence-electron chi connectivity index (χ3n) is 4.29. The lowest BCUT2D eigenvalue weighted by molar-refractivity contribution is -0.130. The first-order valence-electron chi connectivity index (χ1n) is 8.15. The highest BCUT2D eigenvalue weighted by molar-refractivity contribution is 5.94. The van der Waals surface area contributed by atoms with E-state index in [1.165, 1.54) is 24.3 Å². The van der Waals surface area contributed by atoms with Crippen LogP contribution in [-0.4, -0.2) is 58.1 Å². The van der Waals surface area contributed by atoms with Crippen molar-refractivity contribution >= 4 is 11.8 Å². The van der Waals surface area contributed by atoms with E-state index < -0.39 is 0 Å². The summed E-state index contributed by atoms with van der Waals surface area (Å²) in [6.45, 7) is 3.78. The summed E-state index contributed by atoms with van der Waals surface area (Å²) >= 11 is 0. The molecule has 2 heterocycles. The average Bonchev–Trinajstić information content (AvgIpc) is 2.86. The van der Waals surface area contributed by atoms with Crippen LogP contribution in [0.25, 0.3) is 0 Å². The normalized spacial score (nSPS) is 15.1. The second-order valence-corrected chi connectivity index (χ2v) is 6.01. The number of hydrogen-bond acceptors (Lipinski definition) is 5. The molecule has 132 valence electrons. The first-order valence-corrected chi connectivity index (χ1v) is 8.15. The zero-order chi connectivity index (χ0) is 17.8. The highest BCUT2D eigenvalue weighted by atomic mass is 19.1. The van der Waals surface area contributed by atoms with Crippen molar-refractivity contribution in [2.75, 3.05) is 26.2 Å². The zero-order valence-corrected chi connectivity index (χ0v) is 13.9. The van der Waals surface area contributed by atoms with E-state index in [1.807, 2.05) is 0 Å². The Hall–Kier alpha value is -2.77. The summed E-state index contributed by atoms with van der Waals surface area (Å²) < 4.78 is 17.6. The number of hydrogen-bond donors (Lipinski definition) is 0. The maximum absolute atomic E-state index is 13.0. The van der Waals surface area contributed by atoms with Gasteiger partial charge in [-0.1, -0.05) is 10.3 Å². The van der Waals surface area contributed by atoms with Crippen molar-refractivity contribution in [3.63, 3.8) is 0 Å². The maximum Gasteiger partial charge on any atom is 0.253 e. The molecule has 0 spiro atoms. The number of benzene rings is 1. The molecule has 0 bridgehead atoms. The molecule has 0 unspecified atom stereocenters. The summed E-state index contributed by atoms with van der Waals surface area (Å²) in [7, 11) is 0. The molecule has 0 aliphatic carbocycles. The number of carbonyl (C=O) groups excluding carboxylic acids is 2. The van der Waals surface area contributed by atoms with Gasteiger partial charge >= 0.3 is 0 Å².